The first-order valence-corrected chi connectivity index (χ1v) is 10.6. The van der Waals surface area contributed by atoms with Gasteiger partial charge in [-0.1, -0.05) is 38.1 Å². The number of amides is 2. The molecule has 6 nitrogen and oxygen atoms in total. The number of nitrogens with one attached hydrogen (secondary N) is 1. The smallest absolute Gasteiger partial charge is 0.275 e. The first-order chi connectivity index (χ1) is 14.0. The molecule has 0 spiro atoms. The average molecular weight is 398 g/mol. The molecule has 1 aromatic carbocycles. The second kappa shape index (κ2) is 9.25. The van der Waals surface area contributed by atoms with Gasteiger partial charge < -0.3 is 14.6 Å². The van der Waals surface area contributed by atoms with Crippen LogP contribution in [0.4, 0.5) is 0 Å². The minimum atomic E-state index is -0.503. The van der Waals surface area contributed by atoms with Crippen LogP contribution in [0.2, 0.25) is 0 Å². The van der Waals surface area contributed by atoms with E-state index in [2.05, 4.69) is 16.4 Å². The maximum atomic E-state index is 12.9. The van der Waals surface area contributed by atoms with Crippen LogP contribution in [0.15, 0.2) is 34.9 Å². The summed E-state index contributed by atoms with van der Waals surface area (Å²) in [6.45, 7) is 7.56. The normalized spacial score (nSPS) is 17.8. The van der Waals surface area contributed by atoms with Gasteiger partial charge in [0.15, 0.2) is 11.6 Å². The van der Waals surface area contributed by atoms with Crippen molar-refractivity contribution in [2.75, 3.05) is 19.6 Å². The van der Waals surface area contributed by atoms with Crippen molar-refractivity contribution in [1.29, 1.82) is 0 Å². The number of rotatable bonds is 9. The van der Waals surface area contributed by atoms with E-state index in [-0.39, 0.29) is 11.8 Å². The zero-order chi connectivity index (χ0) is 20.9. The maximum absolute atomic E-state index is 12.9. The third kappa shape index (κ3) is 4.52. The molecule has 0 saturated heterocycles. The lowest BCUT2D eigenvalue weighted by atomic mass is 9.83. The Kier molecular flexibility index (Phi) is 6.72. The predicted molar refractivity (Wildman–Crippen MR) is 112 cm³/mol. The second-order valence-corrected chi connectivity index (χ2v) is 7.91. The van der Waals surface area contributed by atoms with Crippen LogP contribution >= 0.6 is 0 Å². The van der Waals surface area contributed by atoms with Gasteiger partial charge in [0.25, 0.3) is 5.91 Å². The lowest BCUT2D eigenvalue weighted by Crippen LogP contribution is -2.45. The number of carbonyl (C=O) groups is 2. The summed E-state index contributed by atoms with van der Waals surface area (Å²) in [7, 11) is 0. The summed E-state index contributed by atoms with van der Waals surface area (Å²) in [5.41, 5.74) is 2.20. The third-order valence-electron chi connectivity index (χ3n) is 5.69. The Hall–Kier alpha value is -2.63. The van der Waals surface area contributed by atoms with Crippen molar-refractivity contribution in [3.63, 3.8) is 0 Å². The van der Waals surface area contributed by atoms with Crippen LogP contribution < -0.4 is 5.32 Å². The molecule has 0 bridgehead atoms. The summed E-state index contributed by atoms with van der Waals surface area (Å²) >= 11 is 0. The summed E-state index contributed by atoms with van der Waals surface area (Å²) in [5.74, 6) is 0.469. The Morgan fingerprint density at radius 2 is 2.00 bits per heavy atom. The highest BCUT2D eigenvalue weighted by Gasteiger charge is 2.40. The average Bonchev–Trinajstić information content (AvgIpc) is 3.33. The van der Waals surface area contributed by atoms with E-state index in [9.17, 15) is 9.59 Å². The Morgan fingerprint density at radius 1 is 1.21 bits per heavy atom. The summed E-state index contributed by atoms with van der Waals surface area (Å²) in [6.07, 6.45) is 5.65. The van der Waals surface area contributed by atoms with E-state index in [4.69, 9.17) is 4.42 Å². The van der Waals surface area contributed by atoms with Gasteiger partial charge >= 0.3 is 0 Å². The van der Waals surface area contributed by atoms with Gasteiger partial charge in [0.05, 0.1) is 5.41 Å². The Balaban J connectivity index is 1.59. The van der Waals surface area contributed by atoms with E-state index in [1.807, 2.05) is 39.0 Å². The van der Waals surface area contributed by atoms with Crippen molar-refractivity contribution in [2.24, 2.45) is 0 Å². The molecule has 0 saturated carbocycles. The highest BCUT2D eigenvalue weighted by molar-refractivity contribution is 5.92. The molecule has 1 atom stereocenters. The van der Waals surface area contributed by atoms with Gasteiger partial charge in [-0.25, -0.2) is 4.98 Å². The fraction of sp³-hybridized carbons (Fsp3) is 0.522. The number of hydrogen-bond donors (Lipinski definition) is 1. The molecule has 1 aromatic heterocycles. The number of fused-ring (bicyclic) bond motifs is 1. The molecule has 29 heavy (non-hydrogen) atoms. The Morgan fingerprint density at radius 3 is 2.76 bits per heavy atom. The molecule has 1 heterocycles. The molecule has 1 aliphatic rings. The third-order valence-corrected chi connectivity index (χ3v) is 5.69. The van der Waals surface area contributed by atoms with Gasteiger partial charge in [0, 0.05) is 26.1 Å². The van der Waals surface area contributed by atoms with E-state index in [0.29, 0.717) is 31.2 Å². The zero-order valence-corrected chi connectivity index (χ0v) is 17.7. The van der Waals surface area contributed by atoms with E-state index in [1.165, 1.54) is 11.8 Å². The largest absolute Gasteiger partial charge is 0.448 e. The fourth-order valence-corrected chi connectivity index (χ4v) is 4.02. The SMILES string of the molecule is CCCc1nc(C(=O)N(CCC)CCNC(=O)C2(C)CCc3ccccc32)co1. The first kappa shape index (κ1) is 21.1. The summed E-state index contributed by atoms with van der Waals surface area (Å²) in [4.78, 5) is 31.8. The van der Waals surface area contributed by atoms with Crippen molar-refractivity contribution in [1.82, 2.24) is 15.2 Å². The minimum absolute atomic E-state index is 0.0259. The van der Waals surface area contributed by atoms with Crippen LogP contribution in [0.3, 0.4) is 0 Å². The van der Waals surface area contributed by atoms with Crippen molar-refractivity contribution in [3.05, 3.63) is 53.2 Å². The Bertz CT molecular complexity index is 861. The van der Waals surface area contributed by atoms with Gasteiger partial charge in [-0.2, -0.15) is 0 Å². The number of carbonyl (C=O) groups excluding carboxylic acids is 2. The molecule has 1 aliphatic carbocycles. The number of aromatic nitrogens is 1. The standard InChI is InChI=1S/C23H31N3O3/c1-4-8-20-25-19(16-29-20)21(27)26(14-5-2)15-13-24-22(28)23(3)12-11-17-9-6-7-10-18(17)23/h6-7,9-10,16H,4-5,8,11-15H2,1-3H3,(H,24,28). The van der Waals surface area contributed by atoms with E-state index >= 15 is 0 Å². The van der Waals surface area contributed by atoms with Crippen molar-refractivity contribution < 1.29 is 14.0 Å². The molecule has 0 fully saturated rings. The topological polar surface area (TPSA) is 75.4 Å². The molecule has 0 radical (unpaired) electrons. The molecule has 2 amide bonds. The van der Waals surface area contributed by atoms with Crippen LogP contribution in [-0.2, 0) is 23.1 Å². The number of oxazole rings is 1. The summed E-state index contributed by atoms with van der Waals surface area (Å²) in [5, 5.41) is 3.05. The van der Waals surface area contributed by atoms with E-state index in [1.54, 1.807) is 4.90 Å². The monoisotopic (exact) mass is 397 g/mol. The lowest BCUT2D eigenvalue weighted by Gasteiger charge is -2.26. The molecule has 1 unspecified atom stereocenters. The molecular formula is C23H31N3O3. The van der Waals surface area contributed by atoms with Crippen molar-refractivity contribution >= 4 is 11.8 Å². The van der Waals surface area contributed by atoms with Gasteiger partial charge in [0.1, 0.15) is 6.26 Å². The number of benzene rings is 1. The fourth-order valence-electron chi connectivity index (χ4n) is 4.02. The van der Waals surface area contributed by atoms with E-state index < -0.39 is 5.41 Å². The second-order valence-electron chi connectivity index (χ2n) is 7.91. The lowest BCUT2D eigenvalue weighted by molar-refractivity contribution is -0.126. The summed E-state index contributed by atoms with van der Waals surface area (Å²) in [6, 6.07) is 8.15. The minimum Gasteiger partial charge on any atom is -0.448 e. The van der Waals surface area contributed by atoms with Crippen LogP contribution in [0.1, 0.15) is 67.5 Å². The van der Waals surface area contributed by atoms with Gasteiger partial charge in [0.2, 0.25) is 5.91 Å². The van der Waals surface area contributed by atoms with Gasteiger partial charge in [-0.3, -0.25) is 9.59 Å². The quantitative estimate of drug-likeness (QED) is 0.703. The molecule has 1 N–H and O–H groups in total. The van der Waals surface area contributed by atoms with E-state index in [0.717, 1.165) is 37.7 Å². The number of nitrogens with zero attached hydrogens (tertiary/aromatic N) is 2. The zero-order valence-electron chi connectivity index (χ0n) is 17.7. The summed E-state index contributed by atoms with van der Waals surface area (Å²) < 4.78 is 5.38. The number of hydrogen-bond acceptors (Lipinski definition) is 4. The molecule has 0 aliphatic heterocycles. The van der Waals surface area contributed by atoms with Gasteiger partial charge in [-0.05, 0) is 43.7 Å². The van der Waals surface area contributed by atoms with Crippen molar-refractivity contribution in [3.8, 4) is 0 Å². The highest BCUT2D eigenvalue weighted by Crippen LogP contribution is 2.38. The van der Waals surface area contributed by atoms with Crippen LogP contribution in [-0.4, -0.2) is 41.3 Å². The Labute approximate surface area is 172 Å². The van der Waals surface area contributed by atoms with Crippen LogP contribution in [0, 0.1) is 0 Å². The molecule has 2 aromatic rings. The maximum Gasteiger partial charge on any atom is 0.275 e. The molecule has 3 rings (SSSR count). The van der Waals surface area contributed by atoms with Gasteiger partial charge in [-0.15, -0.1) is 0 Å². The predicted octanol–water partition coefficient (Wildman–Crippen LogP) is 3.50. The van der Waals surface area contributed by atoms with Crippen LogP contribution in [0.5, 0.6) is 0 Å². The molecule has 6 heteroatoms. The number of aryl methyl sites for hydroxylation is 2. The first-order valence-electron chi connectivity index (χ1n) is 10.6. The molecular weight excluding hydrogens is 366 g/mol. The van der Waals surface area contributed by atoms with Crippen LogP contribution in [0.25, 0.3) is 0 Å². The highest BCUT2D eigenvalue weighted by atomic mass is 16.3. The van der Waals surface area contributed by atoms with Crippen molar-refractivity contribution in [2.45, 2.75) is 58.3 Å². The molecule has 156 valence electrons.